The highest BCUT2D eigenvalue weighted by Gasteiger charge is 2.14. The molecule has 0 spiro atoms. The van der Waals surface area contributed by atoms with Crippen LogP contribution in [0.1, 0.15) is 0 Å². The standard InChI is InChI=1S/C42H27NO/c1-2-9-28(10-3-1)32-23-26-36-35-11-4-6-14-38(35)43(39(36)27-32)33-24-21-30(22-25-33)29-17-19-31(20-18-29)34-13-8-16-41-42(34)37-12-5-7-15-40(37)44-41/h1-27H. The van der Waals surface area contributed by atoms with Gasteiger partial charge in [0.1, 0.15) is 11.2 Å². The molecule has 0 unspecified atom stereocenters. The molecule has 9 rings (SSSR count). The van der Waals surface area contributed by atoms with Crippen molar-refractivity contribution >= 4 is 43.7 Å². The van der Waals surface area contributed by atoms with Crippen LogP contribution in [0.5, 0.6) is 0 Å². The van der Waals surface area contributed by atoms with Crippen LogP contribution >= 0.6 is 0 Å². The summed E-state index contributed by atoms with van der Waals surface area (Å²) in [5, 5.41) is 4.85. The van der Waals surface area contributed by atoms with Gasteiger partial charge < -0.3 is 8.98 Å². The fraction of sp³-hybridized carbons (Fsp3) is 0. The summed E-state index contributed by atoms with van der Waals surface area (Å²) in [7, 11) is 0. The van der Waals surface area contributed by atoms with E-state index in [9.17, 15) is 0 Å². The van der Waals surface area contributed by atoms with Gasteiger partial charge in [0.15, 0.2) is 0 Å². The Kier molecular flexibility index (Phi) is 5.54. The lowest BCUT2D eigenvalue weighted by atomic mass is 9.97. The van der Waals surface area contributed by atoms with Crippen molar-refractivity contribution < 1.29 is 4.42 Å². The first-order valence-corrected chi connectivity index (χ1v) is 15.0. The van der Waals surface area contributed by atoms with E-state index >= 15 is 0 Å². The number of fused-ring (bicyclic) bond motifs is 6. The maximum atomic E-state index is 6.13. The van der Waals surface area contributed by atoms with E-state index in [1.165, 1.54) is 60.6 Å². The van der Waals surface area contributed by atoms with E-state index < -0.39 is 0 Å². The Morgan fingerprint density at radius 3 is 1.77 bits per heavy atom. The molecule has 2 heterocycles. The molecule has 0 fully saturated rings. The lowest BCUT2D eigenvalue weighted by Gasteiger charge is -2.11. The maximum Gasteiger partial charge on any atom is 0.136 e. The molecule has 0 atom stereocenters. The molecule has 7 aromatic carbocycles. The number of furan rings is 1. The van der Waals surface area contributed by atoms with Crippen LogP contribution in [-0.2, 0) is 0 Å². The van der Waals surface area contributed by atoms with Crippen molar-refractivity contribution in [3.63, 3.8) is 0 Å². The molecular weight excluding hydrogens is 534 g/mol. The van der Waals surface area contributed by atoms with Crippen molar-refractivity contribution in [3.8, 4) is 39.1 Å². The molecular formula is C42H27NO. The fourth-order valence-electron chi connectivity index (χ4n) is 6.72. The molecule has 2 nitrogen and oxygen atoms in total. The molecule has 44 heavy (non-hydrogen) atoms. The second-order valence-corrected chi connectivity index (χ2v) is 11.4. The molecule has 0 saturated carbocycles. The van der Waals surface area contributed by atoms with E-state index in [-0.39, 0.29) is 0 Å². The summed E-state index contributed by atoms with van der Waals surface area (Å²) >= 11 is 0. The minimum Gasteiger partial charge on any atom is -0.456 e. The van der Waals surface area contributed by atoms with Gasteiger partial charge in [-0.05, 0) is 69.8 Å². The molecule has 0 radical (unpaired) electrons. The van der Waals surface area contributed by atoms with Crippen LogP contribution in [0.3, 0.4) is 0 Å². The second kappa shape index (κ2) is 9.86. The van der Waals surface area contributed by atoms with Crippen LogP contribution in [-0.4, -0.2) is 4.57 Å². The van der Waals surface area contributed by atoms with Gasteiger partial charge in [-0.3, -0.25) is 0 Å². The normalized spacial score (nSPS) is 11.6. The van der Waals surface area contributed by atoms with Crippen molar-refractivity contribution in [2.24, 2.45) is 0 Å². The fourth-order valence-corrected chi connectivity index (χ4v) is 6.72. The van der Waals surface area contributed by atoms with E-state index in [0.29, 0.717) is 0 Å². The molecule has 0 saturated heterocycles. The zero-order valence-electron chi connectivity index (χ0n) is 23.9. The van der Waals surface area contributed by atoms with Crippen LogP contribution in [0.4, 0.5) is 0 Å². The van der Waals surface area contributed by atoms with Crippen molar-refractivity contribution in [2.45, 2.75) is 0 Å². The Morgan fingerprint density at radius 1 is 0.364 bits per heavy atom. The maximum absolute atomic E-state index is 6.13. The van der Waals surface area contributed by atoms with Gasteiger partial charge in [0.25, 0.3) is 0 Å². The summed E-state index contributed by atoms with van der Waals surface area (Å²) in [6, 6.07) is 58.5. The average molecular weight is 562 g/mol. The Labute approximate surface area is 255 Å². The quantitative estimate of drug-likeness (QED) is 0.209. The van der Waals surface area contributed by atoms with Gasteiger partial charge in [-0.15, -0.1) is 0 Å². The van der Waals surface area contributed by atoms with Crippen LogP contribution < -0.4 is 0 Å². The van der Waals surface area contributed by atoms with E-state index in [1.54, 1.807) is 0 Å². The molecule has 206 valence electrons. The topological polar surface area (TPSA) is 18.1 Å². The van der Waals surface area contributed by atoms with E-state index in [2.05, 4.69) is 150 Å². The first kappa shape index (κ1) is 24.7. The van der Waals surface area contributed by atoms with Crippen LogP contribution in [0.15, 0.2) is 168 Å². The molecule has 0 aliphatic heterocycles. The SMILES string of the molecule is c1ccc(-c2ccc3c4ccccc4n(-c4ccc(-c5ccc(-c6cccc7oc8ccccc8c67)cc5)cc4)c3c2)cc1. The highest BCUT2D eigenvalue weighted by atomic mass is 16.3. The van der Waals surface area contributed by atoms with Crippen LogP contribution in [0.25, 0.3) is 82.8 Å². The molecule has 9 aromatic rings. The number of rotatable bonds is 4. The Hall–Kier alpha value is -5.86. The first-order chi connectivity index (χ1) is 21.8. The number of hydrogen-bond donors (Lipinski definition) is 0. The van der Waals surface area contributed by atoms with Gasteiger partial charge in [0, 0.05) is 27.2 Å². The van der Waals surface area contributed by atoms with Crippen LogP contribution in [0, 0.1) is 0 Å². The first-order valence-electron chi connectivity index (χ1n) is 15.0. The third-order valence-corrected chi connectivity index (χ3v) is 8.84. The Balaban J connectivity index is 1.10. The summed E-state index contributed by atoms with van der Waals surface area (Å²) in [6.07, 6.45) is 0. The summed E-state index contributed by atoms with van der Waals surface area (Å²) in [5.74, 6) is 0. The van der Waals surface area contributed by atoms with E-state index in [4.69, 9.17) is 4.42 Å². The molecule has 2 aromatic heterocycles. The van der Waals surface area contributed by atoms with Gasteiger partial charge in [-0.25, -0.2) is 0 Å². The van der Waals surface area contributed by atoms with Crippen molar-refractivity contribution in [3.05, 3.63) is 164 Å². The summed E-state index contributed by atoms with van der Waals surface area (Å²) in [5.41, 5.74) is 12.6. The molecule has 0 amide bonds. The van der Waals surface area contributed by atoms with Gasteiger partial charge in [-0.1, -0.05) is 127 Å². The van der Waals surface area contributed by atoms with Crippen molar-refractivity contribution in [1.82, 2.24) is 4.57 Å². The molecule has 0 N–H and O–H groups in total. The number of para-hydroxylation sites is 2. The number of benzene rings is 7. The number of hydrogen-bond acceptors (Lipinski definition) is 1. The molecule has 0 bridgehead atoms. The zero-order valence-corrected chi connectivity index (χ0v) is 23.9. The lowest BCUT2D eigenvalue weighted by molar-refractivity contribution is 0.669. The minimum atomic E-state index is 0.921. The van der Waals surface area contributed by atoms with Gasteiger partial charge >= 0.3 is 0 Å². The highest BCUT2D eigenvalue weighted by Crippen LogP contribution is 2.38. The van der Waals surface area contributed by atoms with Gasteiger partial charge in [0.2, 0.25) is 0 Å². The van der Waals surface area contributed by atoms with Crippen molar-refractivity contribution in [2.75, 3.05) is 0 Å². The zero-order chi connectivity index (χ0) is 29.0. The smallest absolute Gasteiger partial charge is 0.136 e. The van der Waals surface area contributed by atoms with Gasteiger partial charge in [0.05, 0.1) is 11.0 Å². The summed E-state index contributed by atoms with van der Waals surface area (Å²) in [6.45, 7) is 0. The Morgan fingerprint density at radius 2 is 0.955 bits per heavy atom. The predicted octanol–water partition coefficient (Wildman–Crippen LogP) is 11.7. The minimum absolute atomic E-state index is 0.921. The summed E-state index contributed by atoms with van der Waals surface area (Å²) in [4.78, 5) is 0. The lowest BCUT2D eigenvalue weighted by Crippen LogP contribution is -1.94. The van der Waals surface area contributed by atoms with Gasteiger partial charge in [-0.2, -0.15) is 0 Å². The second-order valence-electron chi connectivity index (χ2n) is 11.4. The predicted molar refractivity (Wildman–Crippen MR) is 184 cm³/mol. The van der Waals surface area contributed by atoms with E-state index in [0.717, 1.165) is 22.2 Å². The third kappa shape index (κ3) is 3.89. The third-order valence-electron chi connectivity index (χ3n) is 8.84. The monoisotopic (exact) mass is 561 g/mol. The number of aromatic nitrogens is 1. The Bertz CT molecular complexity index is 2460. The highest BCUT2D eigenvalue weighted by molar-refractivity contribution is 6.12. The van der Waals surface area contributed by atoms with E-state index in [1.807, 2.05) is 18.2 Å². The largest absolute Gasteiger partial charge is 0.456 e. The van der Waals surface area contributed by atoms with Crippen molar-refractivity contribution in [1.29, 1.82) is 0 Å². The number of nitrogens with zero attached hydrogens (tertiary/aromatic N) is 1. The molecule has 0 aliphatic carbocycles. The van der Waals surface area contributed by atoms with Crippen LogP contribution in [0.2, 0.25) is 0 Å². The molecule has 0 aliphatic rings. The average Bonchev–Trinajstić information content (AvgIpc) is 3.64. The summed E-state index contributed by atoms with van der Waals surface area (Å²) < 4.78 is 8.52. The molecule has 2 heteroatoms.